The van der Waals surface area contributed by atoms with Gasteiger partial charge in [-0.25, -0.2) is 0 Å². The molecule has 8 atom stereocenters. The van der Waals surface area contributed by atoms with Crippen LogP contribution >= 0.6 is 0 Å². The molecule has 29 heavy (non-hydrogen) atoms. The monoisotopic (exact) mass is 402 g/mol. The molecule has 5 heteroatoms. The molecule has 1 heterocycles. The van der Waals surface area contributed by atoms with Gasteiger partial charge in [-0.05, 0) is 50.9 Å². The standard InChI is InChI=1S/C24H34O5/c1-22-8-4-15(25)12-14(22)13-16(21(27)28-3)20-17(22)5-9-23(2)18(20)6-10-24(23)11-7-19(26)29-24/h5,13,15-16,18-20,25-26H,4,6-12H2,1-3H3/t15?,16-,18?,19?,20-,22+,23+,24?/m1/s1. The van der Waals surface area contributed by atoms with Crippen LogP contribution in [0.1, 0.15) is 65.2 Å². The molecule has 5 rings (SSSR count). The SMILES string of the molecule is COC(=O)[C@@H]1C=C2CC(O)CC[C@]2(C)C2=CC[C@@]3(C)C(CCC34CCC(O)O4)[C@@H]21. The molecule has 1 spiro atoms. The number of hydrogen-bond acceptors (Lipinski definition) is 5. The lowest BCUT2D eigenvalue weighted by Crippen LogP contribution is -2.53. The number of rotatable bonds is 1. The van der Waals surface area contributed by atoms with Gasteiger partial charge in [0.25, 0.3) is 0 Å². The number of esters is 1. The van der Waals surface area contributed by atoms with Crippen LogP contribution < -0.4 is 0 Å². The summed E-state index contributed by atoms with van der Waals surface area (Å²) in [4.78, 5) is 12.9. The number of hydrogen-bond donors (Lipinski definition) is 2. The molecule has 4 unspecified atom stereocenters. The van der Waals surface area contributed by atoms with Crippen molar-refractivity contribution in [3.8, 4) is 0 Å². The predicted octanol–water partition coefficient (Wildman–Crippen LogP) is 3.50. The lowest BCUT2D eigenvalue weighted by atomic mass is 9.49. The number of aliphatic hydroxyl groups is 2. The molecular formula is C24H34O5. The zero-order valence-electron chi connectivity index (χ0n) is 17.8. The van der Waals surface area contributed by atoms with Crippen LogP contribution in [0, 0.1) is 28.6 Å². The highest BCUT2D eigenvalue weighted by molar-refractivity contribution is 5.77. The highest BCUT2D eigenvalue weighted by atomic mass is 16.6. The largest absolute Gasteiger partial charge is 0.469 e. The molecule has 1 aliphatic heterocycles. The number of fused-ring (bicyclic) bond motifs is 6. The Morgan fingerprint density at radius 1 is 1.17 bits per heavy atom. The maximum absolute atomic E-state index is 12.9. The van der Waals surface area contributed by atoms with Gasteiger partial charge in [-0.15, -0.1) is 0 Å². The van der Waals surface area contributed by atoms with Crippen molar-refractivity contribution in [2.45, 2.75) is 83.2 Å². The van der Waals surface area contributed by atoms with Gasteiger partial charge in [-0.2, -0.15) is 0 Å². The van der Waals surface area contributed by atoms with Gasteiger partial charge in [0.2, 0.25) is 0 Å². The quantitative estimate of drug-likeness (QED) is 0.519. The van der Waals surface area contributed by atoms with E-state index in [4.69, 9.17) is 9.47 Å². The minimum Gasteiger partial charge on any atom is -0.469 e. The Labute approximate surface area is 173 Å². The second-order valence-electron chi connectivity index (χ2n) is 10.5. The molecule has 1 saturated heterocycles. The first-order valence-electron chi connectivity index (χ1n) is 11.3. The minimum absolute atomic E-state index is 0.0679. The van der Waals surface area contributed by atoms with Gasteiger partial charge in [0.05, 0.1) is 24.7 Å². The Balaban J connectivity index is 1.61. The van der Waals surface area contributed by atoms with E-state index in [1.807, 2.05) is 0 Å². The summed E-state index contributed by atoms with van der Waals surface area (Å²) in [5.74, 6) is -0.0249. The first-order valence-corrected chi connectivity index (χ1v) is 11.3. The third kappa shape index (κ3) is 2.53. The van der Waals surface area contributed by atoms with Crippen molar-refractivity contribution in [3.63, 3.8) is 0 Å². The molecule has 0 aromatic carbocycles. The molecule has 5 aliphatic rings. The van der Waals surface area contributed by atoms with Crippen molar-refractivity contribution in [2.75, 3.05) is 7.11 Å². The van der Waals surface area contributed by atoms with Crippen LogP contribution in [-0.4, -0.2) is 41.3 Å². The molecule has 5 nitrogen and oxygen atoms in total. The van der Waals surface area contributed by atoms with E-state index in [9.17, 15) is 15.0 Å². The molecule has 0 amide bonds. The number of carbonyl (C=O) groups is 1. The zero-order valence-corrected chi connectivity index (χ0v) is 17.8. The van der Waals surface area contributed by atoms with Crippen LogP contribution in [-0.2, 0) is 14.3 Å². The van der Waals surface area contributed by atoms with E-state index in [2.05, 4.69) is 26.0 Å². The Morgan fingerprint density at radius 2 is 1.93 bits per heavy atom. The third-order valence-electron chi connectivity index (χ3n) is 9.43. The van der Waals surface area contributed by atoms with Crippen LogP contribution in [0.4, 0.5) is 0 Å². The van der Waals surface area contributed by atoms with Crippen LogP contribution in [0.15, 0.2) is 23.3 Å². The Morgan fingerprint density at radius 3 is 2.62 bits per heavy atom. The summed E-state index contributed by atoms with van der Waals surface area (Å²) in [5, 5.41) is 20.4. The van der Waals surface area contributed by atoms with Crippen molar-refractivity contribution >= 4 is 5.97 Å². The van der Waals surface area contributed by atoms with E-state index >= 15 is 0 Å². The summed E-state index contributed by atoms with van der Waals surface area (Å²) in [6.07, 6.45) is 10.4. The van der Waals surface area contributed by atoms with Crippen molar-refractivity contribution < 1.29 is 24.5 Å². The molecular weight excluding hydrogens is 368 g/mol. The van der Waals surface area contributed by atoms with Gasteiger partial charge in [0.1, 0.15) is 0 Å². The predicted molar refractivity (Wildman–Crippen MR) is 108 cm³/mol. The molecule has 2 N–H and O–H groups in total. The second-order valence-corrected chi connectivity index (χ2v) is 10.5. The van der Waals surface area contributed by atoms with E-state index in [-0.39, 0.29) is 40.3 Å². The Hall–Kier alpha value is -1.17. The number of aliphatic hydroxyl groups excluding tert-OH is 2. The van der Waals surface area contributed by atoms with Gasteiger partial charge in [-0.3, -0.25) is 4.79 Å². The Kier molecular flexibility index (Phi) is 4.37. The summed E-state index contributed by atoms with van der Waals surface area (Å²) in [5.41, 5.74) is 2.16. The summed E-state index contributed by atoms with van der Waals surface area (Å²) >= 11 is 0. The fourth-order valence-electron chi connectivity index (χ4n) is 7.74. The molecule has 0 aromatic heterocycles. The van der Waals surface area contributed by atoms with Crippen LogP contribution in [0.3, 0.4) is 0 Å². The van der Waals surface area contributed by atoms with E-state index in [1.165, 1.54) is 18.3 Å². The average Bonchev–Trinajstić information content (AvgIpc) is 3.22. The van der Waals surface area contributed by atoms with Crippen LogP contribution in [0.25, 0.3) is 0 Å². The van der Waals surface area contributed by atoms with Gasteiger partial charge in [0.15, 0.2) is 6.29 Å². The first-order chi connectivity index (χ1) is 13.7. The molecule has 2 saturated carbocycles. The van der Waals surface area contributed by atoms with E-state index < -0.39 is 6.29 Å². The maximum atomic E-state index is 12.9. The fraction of sp³-hybridized carbons (Fsp3) is 0.792. The highest BCUT2D eigenvalue weighted by Crippen LogP contribution is 2.68. The maximum Gasteiger partial charge on any atom is 0.313 e. The second kappa shape index (κ2) is 6.41. The first kappa shape index (κ1) is 19.8. The molecule has 4 aliphatic carbocycles. The zero-order chi connectivity index (χ0) is 20.6. The summed E-state index contributed by atoms with van der Waals surface area (Å²) < 4.78 is 11.4. The topological polar surface area (TPSA) is 76.0 Å². The van der Waals surface area contributed by atoms with Crippen molar-refractivity contribution in [1.29, 1.82) is 0 Å². The number of ether oxygens (including phenoxy) is 2. The Bertz CT molecular complexity index is 786. The third-order valence-corrected chi connectivity index (χ3v) is 9.43. The summed E-state index contributed by atoms with van der Waals surface area (Å²) in [6.45, 7) is 4.62. The molecule has 0 bridgehead atoms. The van der Waals surface area contributed by atoms with Crippen molar-refractivity contribution in [3.05, 3.63) is 23.3 Å². The number of carbonyl (C=O) groups excluding carboxylic acids is 1. The van der Waals surface area contributed by atoms with Gasteiger partial charge in [0, 0.05) is 23.2 Å². The lowest BCUT2D eigenvalue weighted by Gasteiger charge is -2.56. The van der Waals surface area contributed by atoms with Crippen molar-refractivity contribution in [2.24, 2.45) is 28.6 Å². The number of allylic oxidation sites excluding steroid dienone is 2. The molecule has 3 fully saturated rings. The van der Waals surface area contributed by atoms with Crippen LogP contribution in [0.5, 0.6) is 0 Å². The summed E-state index contributed by atoms with van der Waals surface area (Å²) in [7, 11) is 1.47. The highest BCUT2D eigenvalue weighted by Gasteiger charge is 2.66. The minimum atomic E-state index is -0.664. The van der Waals surface area contributed by atoms with Crippen LogP contribution in [0.2, 0.25) is 0 Å². The van der Waals surface area contributed by atoms with E-state index in [0.29, 0.717) is 18.8 Å². The number of methoxy groups -OCH3 is 1. The van der Waals surface area contributed by atoms with E-state index in [1.54, 1.807) is 0 Å². The normalized spacial score (nSPS) is 51.0. The fourth-order valence-corrected chi connectivity index (χ4v) is 7.74. The molecule has 160 valence electrons. The smallest absolute Gasteiger partial charge is 0.313 e. The van der Waals surface area contributed by atoms with E-state index in [0.717, 1.165) is 38.5 Å². The molecule has 0 aromatic rings. The molecule has 0 radical (unpaired) electrons. The van der Waals surface area contributed by atoms with Gasteiger partial charge in [-0.1, -0.05) is 37.1 Å². The van der Waals surface area contributed by atoms with Gasteiger partial charge < -0.3 is 19.7 Å². The van der Waals surface area contributed by atoms with Crippen molar-refractivity contribution in [1.82, 2.24) is 0 Å². The average molecular weight is 403 g/mol. The summed E-state index contributed by atoms with van der Waals surface area (Å²) in [6, 6.07) is 0. The lowest BCUT2D eigenvalue weighted by molar-refractivity contribution is -0.183. The van der Waals surface area contributed by atoms with Gasteiger partial charge >= 0.3 is 5.97 Å².